The molecule has 0 spiro atoms. The van der Waals surface area contributed by atoms with Crippen LogP contribution < -0.4 is 5.73 Å². The van der Waals surface area contributed by atoms with Crippen molar-refractivity contribution in [1.82, 2.24) is 0 Å². The molecule has 3 atom stereocenters. The molecule has 0 bridgehead atoms. The second-order valence-corrected chi connectivity index (χ2v) is 2.90. The van der Waals surface area contributed by atoms with Gasteiger partial charge in [0.15, 0.2) is 5.12 Å². The number of hydrogen-bond acceptors (Lipinski definition) is 3. The van der Waals surface area contributed by atoms with Crippen LogP contribution in [0.2, 0.25) is 0 Å². The minimum absolute atomic E-state index is 0.343. The summed E-state index contributed by atoms with van der Waals surface area (Å²) in [6.07, 6.45) is -0.718. The molecular formula is C6H13NO2S. The second kappa shape index (κ2) is 3.95. The molecule has 0 fully saturated rings. The zero-order valence-corrected chi connectivity index (χ0v) is 7.01. The van der Waals surface area contributed by atoms with Crippen LogP contribution in [0.25, 0.3) is 0 Å². The first kappa shape index (κ1) is 9.94. The van der Waals surface area contributed by atoms with E-state index in [-0.39, 0.29) is 11.2 Å². The van der Waals surface area contributed by atoms with Crippen LogP contribution in [0.4, 0.5) is 0 Å². The van der Waals surface area contributed by atoms with E-state index in [1.54, 1.807) is 6.92 Å². The summed E-state index contributed by atoms with van der Waals surface area (Å²) in [6, 6.07) is -0.343. The van der Waals surface area contributed by atoms with Crippen molar-refractivity contribution in [2.45, 2.75) is 26.0 Å². The summed E-state index contributed by atoms with van der Waals surface area (Å²) in [7, 11) is 0. The third-order valence-corrected chi connectivity index (χ3v) is 1.67. The van der Waals surface area contributed by atoms with Gasteiger partial charge in [-0.2, -0.15) is 0 Å². The maximum Gasteiger partial charge on any atom is 0.193 e. The summed E-state index contributed by atoms with van der Waals surface area (Å²) >= 11 is 3.59. The molecule has 10 heavy (non-hydrogen) atoms. The molecule has 0 rings (SSSR count). The lowest BCUT2D eigenvalue weighted by molar-refractivity contribution is -0.117. The van der Waals surface area contributed by atoms with E-state index in [2.05, 4.69) is 12.6 Å². The van der Waals surface area contributed by atoms with Crippen LogP contribution in [-0.4, -0.2) is 22.4 Å². The molecule has 4 heteroatoms. The van der Waals surface area contributed by atoms with Crippen molar-refractivity contribution in [1.29, 1.82) is 0 Å². The van der Waals surface area contributed by atoms with Gasteiger partial charge in [-0.3, -0.25) is 4.79 Å². The fourth-order valence-corrected chi connectivity index (χ4v) is 1.32. The van der Waals surface area contributed by atoms with Gasteiger partial charge in [-0.05, 0) is 13.8 Å². The normalized spacial score (nSPS) is 19.7. The molecule has 0 aromatic rings. The maximum absolute atomic E-state index is 10.7. The molecule has 0 aliphatic heterocycles. The first-order valence-corrected chi connectivity index (χ1v) is 3.58. The van der Waals surface area contributed by atoms with Gasteiger partial charge in [-0.15, -0.1) is 12.6 Å². The van der Waals surface area contributed by atoms with Crippen LogP contribution in [0, 0.1) is 5.92 Å². The largest absolute Gasteiger partial charge is 0.393 e. The smallest absolute Gasteiger partial charge is 0.193 e. The molecule has 3 nitrogen and oxygen atoms in total. The summed E-state index contributed by atoms with van der Waals surface area (Å²) in [5.74, 6) is -0.552. The van der Waals surface area contributed by atoms with Crippen LogP contribution in [0.1, 0.15) is 13.8 Å². The zero-order chi connectivity index (χ0) is 8.31. The molecule has 0 aromatic carbocycles. The molecule has 0 unspecified atom stereocenters. The average Bonchev–Trinajstić information content (AvgIpc) is 1.59. The molecule has 0 saturated carbocycles. The quantitative estimate of drug-likeness (QED) is 0.504. The lowest BCUT2D eigenvalue weighted by Crippen LogP contribution is -2.38. The van der Waals surface area contributed by atoms with Gasteiger partial charge >= 0.3 is 0 Å². The minimum atomic E-state index is -0.718. The standard InChI is InChI=1S/C6H13NO2S/c1-3(7)5(4(2)8)6(9)10/h3-5,8H,7H2,1-2H3,(H,9,10)/t3-,4-,5+/m1/s1. The highest BCUT2D eigenvalue weighted by molar-refractivity contribution is 7.96. The van der Waals surface area contributed by atoms with Crippen molar-refractivity contribution >= 4 is 17.7 Å². The number of carbonyl (C=O) groups excluding carboxylic acids is 1. The average molecular weight is 163 g/mol. The Morgan fingerprint density at radius 2 is 2.00 bits per heavy atom. The first-order valence-electron chi connectivity index (χ1n) is 3.13. The third kappa shape index (κ3) is 2.68. The van der Waals surface area contributed by atoms with Crippen LogP contribution in [0.15, 0.2) is 0 Å². The monoisotopic (exact) mass is 163 g/mol. The van der Waals surface area contributed by atoms with E-state index in [1.165, 1.54) is 6.92 Å². The molecule has 0 aliphatic rings. The summed E-state index contributed by atoms with van der Waals surface area (Å²) in [5, 5.41) is 8.65. The second-order valence-electron chi connectivity index (χ2n) is 2.46. The summed E-state index contributed by atoms with van der Waals surface area (Å²) in [5.41, 5.74) is 5.41. The van der Waals surface area contributed by atoms with E-state index >= 15 is 0 Å². The number of carbonyl (C=O) groups is 1. The van der Waals surface area contributed by atoms with E-state index in [9.17, 15) is 4.79 Å². The predicted octanol–water partition coefficient (Wildman–Crippen LogP) is -0.213. The minimum Gasteiger partial charge on any atom is -0.393 e. The predicted molar refractivity (Wildman–Crippen MR) is 42.8 cm³/mol. The lowest BCUT2D eigenvalue weighted by Gasteiger charge is -2.19. The molecular weight excluding hydrogens is 150 g/mol. The van der Waals surface area contributed by atoms with Gasteiger partial charge in [0, 0.05) is 6.04 Å². The van der Waals surface area contributed by atoms with E-state index in [4.69, 9.17) is 10.8 Å². The fraction of sp³-hybridized carbons (Fsp3) is 0.833. The van der Waals surface area contributed by atoms with E-state index < -0.39 is 12.0 Å². The van der Waals surface area contributed by atoms with Crippen LogP contribution in [-0.2, 0) is 4.79 Å². The third-order valence-electron chi connectivity index (χ3n) is 1.37. The van der Waals surface area contributed by atoms with E-state index in [0.717, 1.165) is 0 Å². The van der Waals surface area contributed by atoms with Gasteiger partial charge in [-0.1, -0.05) is 0 Å². The number of nitrogens with two attached hydrogens (primary N) is 1. The van der Waals surface area contributed by atoms with Crippen LogP contribution >= 0.6 is 12.6 Å². The Bertz CT molecular complexity index is 117. The van der Waals surface area contributed by atoms with Crippen molar-refractivity contribution in [2.24, 2.45) is 11.7 Å². The van der Waals surface area contributed by atoms with Crippen molar-refractivity contribution in [2.75, 3.05) is 0 Å². The van der Waals surface area contributed by atoms with Gasteiger partial charge in [-0.25, -0.2) is 0 Å². The van der Waals surface area contributed by atoms with Crippen molar-refractivity contribution in [3.8, 4) is 0 Å². The van der Waals surface area contributed by atoms with Crippen molar-refractivity contribution < 1.29 is 9.90 Å². The summed E-state index contributed by atoms with van der Waals surface area (Å²) in [6.45, 7) is 3.20. The number of hydrogen-bond donors (Lipinski definition) is 3. The van der Waals surface area contributed by atoms with Crippen molar-refractivity contribution in [3.05, 3.63) is 0 Å². The number of thiol groups is 1. The molecule has 0 amide bonds. The molecule has 3 N–H and O–H groups in total. The molecule has 60 valence electrons. The van der Waals surface area contributed by atoms with Crippen LogP contribution in [0.3, 0.4) is 0 Å². The van der Waals surface area contributed by atoms with Gasteiger partial charge < -0.3 is 10.8 Å². The van der Waals surface area contributed by atoms with Gasteiger partial charge in [0.2, 0.25) is 0 Å². The summed E-state index contributed by atoms with van der Waals surface area (Å²) < 4.78 is 0. The van der Waals surface area contributed by atoms with Crippen molar-refractivity contribution in [3.63, 3.8) is 0 Å². The highest BCUT2D eigenvalue weighted by Crippen LogP contribution is 2.10. The molecule has 0 heterocycles. The highest BCUT2D eigenvalue weighted by Gasteiger charge is 2.24. The maximum atomic E-state index is 10.7. The number of rotatable bonds is 3. The molecule has 0 aliphatic carbocycles. The lowest BCUT2D eigenvalue weighted by atomic mass is 9.98. The Balaban J connectivity index is 4.12. The summed E-state index contributed by atoms with van der Waals surface area (Å²) in [4.78, 5) is 10.7. The zero-order valence-electron chi connectivity index (χ0n) is 6.11. The molecule has 0 radical (unpaired) electrons. The van der Waals surface area contributed by atoms with Gasteiger partial charge in [0.1, 0.15) is 0 Å². The number of aliphatic hydroxyl groups excluding tert-OH is 1. The Hall–Kier alpha value is -0.0600. The molecule has 0 aromatic heterocycles. The van der Waals surface area contributed by atoms with E-state index in [1.807, 2.05) is 0 Å². The van der Waals surface area contributed by atoms with Gasteiger partial charge in [0.25, 0.3) is 0 Å². The number of aliphatic hydroxyl groups is 1. The van der Waals surface area contributed by atoms with E-state index in [0.29, 0.717) is 0 Å². The Kier molecular flexibility index (Phi) is 3.93. The SMILES string of the molecule is C[C@@H](N)[C@H](C(=O)S)[C@@H](C)O. The topological polar surface area (TPSA) is 63.3 Å². The Morgan fingerprint density at radius 3 is 2.00 bits per heavy atom. The highest BCUT2D eigenvalue weighted by atomic mass is 32.1. The Morgan fingerprint density at radius 1 is 1.60 bits per heavy atom. The first-order chi connectivity index (χ1) is 4.46. The molecule has 0 saturated heterocycles. The Labute approximate surface area is 66.0 Å². The fourth-order valence-electron chi connectivity index (χ4n) is 0.871. The van der Waals surface area contributed by atoms with Gasteiger partial charge in [0.05, 0.1) is 12.0 Å². The van der Waals surface area contributed by atoms with Crippen LogP contribution in [0.5, 0.6) is 0 Å².